The second-order valence-electron chi connectivity index (χ2n) is 3.31. The number of carboxylic acid groups (broad SMARTS) is 1. The molecule has 0 spiro atoms. The van der Waals surface area contributed by atoms with E-state index in [1.807, 2.05) is 0 Å². The molecule has 0 atom stereocenters. The Bertz CT molecular complexity index is 468. The van der Waals surface area contributed by atoms with E-state index in [2.05, 4.69) is 13.2 Å². The van der Waals surface area contributed by atoms with Gasteiger partial charge in [0.15, 0.2) is 0 Å². The van der Waals surface area contributed by atoms with Gasteiger partial charge in [-0.2, -0.15) is 0 Å². The lowest BCUT2D eigenvalue weighted by atomic mass is 10.1. The zero-order chi connectivity index (χ0) is 16.1. The van der Waals surface area contributed by atoms with Crippen molar-refractivity contribution in [2.45, 2.75) is 13.8 Å². The summed E-state index contributed by atoms with van der Waals surface area (Å²) in [5, 5.41) is 7.60. The third kappa shape index (κ3) is 10.4. The van der Waals surface area contributed by atoms with Crippen LogP contribution in [-0.4, -0.2) is 29.6 Å². The molecule has 0 saturated heterocycles. The van der Waals surface area contributed by atoms with Crippen molar-refractivity contribution in [3.8, 4) is 0 Å². The average Bonchev–Trinajstić information content (AvgIpc) is 2.38. The number of aldehydes is 2. The van der Waals surface area contributed by atoms with Crippen molar-refractivity contribution < 1.29 is 29.0 Å². The fraction of sp³-hybridized carbons (Fsp3) is 0.143. The monoisotopic (exact) mass is 280 g/mol. The molecular weight excluding hydrogens is 264 g/mol. The van der Waals surface area contributed by atoms with Crippen molar-refractivity contribution >= 4 is 24.5 Å². The first-order valence-electron chi connectivity index (χ1n) is 5.31. The molecule has 0 aromatic heterocycles. The molecule has 1 N–H and O–H groups in total. The molecule has 6 heteroatoms. The number of carboxylic acids is 1. The molecule has 0 heterocycles. The molecule has 0 aromatic carbocycles. The van der Waals surface area contributed by atoms with E-state index < -0.39 is 11.9 Å². The lowest BCUT2D eigenvalue weighted by molar-refractivity contribution is -0.134. The Balaban J connectivity index is 0. The smallest absolute Gasteiger partial charge is 0.342 e. The Kier molecular flexibility index (Phi) is 11.1. The summed E-state index contributed by atoms with van der Waals surface area (Å²) < 4.78 is 4.75. The standard InChI is InChI=1S/C11H12O4.C3H4O2/c1-8(4-6-12)10(3)11(14)15-9(2)5-7-13;1-2-3(4)5/h4-7H,3H2,1-2H3;2H,1H2,(H,4,5). The van der Waals surface area contributed by atoms with Gasteiger partial charge in [0.2, 0.25) is 0 Å². The third-order valence-corrected chi connectivity index (χ3v) is 1.77. The number of hydrogen-bond acceptors (Lipinski definition) is 5. The summed E-state index contributed by atoms with van der Waals surface area (Å²) in [6.45, 7) is 9.47. The number of carbonyl (C=O) groups is 4. The summed E-state index contributed by atoms with van der Waals surface area (Å²) in [6.07, 6.45) is 4.23. The normalized spacial score (nSPS) is 10.5. The van der Waals surface area contributed by atoms with Crippen LogP contribution in [-0.2, 0) is 23.9 Å². The molecule has 0 saturated carbocycles. The van der Waals surface area contributed by atoms with Gasteiger partial charge in [-0.15, -0.1) is 0 Å². The zero-order valence-electron chi connectivity index (χ0n) is 11.3. The Morgan fingerprint density at radius 3 is 1.90 bits per heavy atom. The van der Waals surface area contributed by atoms with E-state index in [4.69, 9.17) is 9.84 Å². The number of esters is 1. The molecule has 0 amide bonds. The molecule has 0 unspecified atom stereocenters. The minimum absolute atomic E-state index is 0.0840. The maximum absolute atomic E-state index is 11.3. The summed E-state index contributed by atoms with van der Waals surface area (Å²) in [7, 11) is 0. The minimum Gasteiger partial charge on any atom is -0.478 e. The quantitative estimate of drug-likeness (QED) is 0.261. The van der Waals surface area contributed by atoms with Crippen LogP contribution in [0.25, 0.3) is 0 Å². The number of ether oxygens (including phenoxy) is 1. The Morgan fingerprint density at radius 1 is 1.10 bits per heavy atom. The van der Waals surface area contributed by atoms with Crippen molar-refractivity contribution in [1.82, 2.24) is 0 Å². The second kappa shape index (κ2) is 11.3. The van der Waals surface area contributed by atoms with Crippen molar-refractivity contribution in [3.63, 3.8) is 0 Å². The SMILES string of the molecule is C=C(C(=O)OC(C)=CC=O)C(C)=CC=O.C=CC(=O)O. The van der Waals surface area contributed by atoms with E-state index in [9.17, 15) is 19.2 Å². The largest absolute Gasteiger partial charge is 0.478 e. The van der Waals surface area contributed by atoms with Gasteiger partial charge >= 0.3 is 11.9 Å². The topological polar surface area (TPSA) is 97.7 Å². The predicted octanol–water partition coefficient (Wildman–Crippen LogP) is 1.59. The number of allylic oxidation sites excluding steroid dienone is 3. The number of rotatable bonds is 6. The molecule has 20 heavy (non-hydrogen) atoms. The van der Waals surface area contributed by atoms with E-state index in [1.165, 1.54) is 13.0 Å². The van der Waals surface area contributed by atoms with Gasteiger partial charge in [-0.3, -0.25) is 9.59 Å². The minimum atomic E-state index is -0.981. The van der Waals surface area contributed by atoms with Gasteiger partial charge in [-0.05, 0) is 25.5 Å². The summed E-state index contributed by atoms with van der Waals surface area (Å²) >= 11 is 0. The molecular formula is C14H16O6. The first kappa shape index (κ1) is 19.6. The van der Waals surface area contributed by atoms with Crippen LogP contribution in [0.15, 0.2) is 48.3 Å². The van der Waals surface area contributed by atoms with Gasteiger partial charge in [0, 0.05) is 12.2 Å². The lowest BCUT2D eigenvalue weighted by Gasteiger charge is -2.05. The first-order valence-corrected chi connectivity index (χ1v) is 5.31. The Hall–Kier alpha value is -2.76. The highest BCUT2D eigenvalue weighted by atomic mass is 16.5. The van der Waals surface area contributed by atoms with Gasteiger partial charge in [0.05, 0.1) is 5.57 Å². The molecule has 0 radical (unpaired) electrons. The third-order valence-electron chi connectivity index (χ3n) is 1.77. The van der Waals surface area contributed by atoms with Crippen LogP contribution in [0, 0.1) is 0 Å². The van der Waals surface area contributed by atoms with Crippen LogP contribution >= 0.6 is 0 Å². The highest BCUT2D eigenvalue weighted by Gasteiger charge is 2.10. The van der Waals surface area contributed by atoms with Crippen LogP contribution < -0.4 is 0 Å². The molecule has 0 fully saturated rings. The van der Waals surface area contributed by atoms with Crippen molar-refractivity contribution in [2.75, 3.05) is 0 Å². The van der Waals surface area contributed by atoms with Crippen LogP contribution in [0.3, 0.4) is 0 Å². The lowest BCUT2D eigenvalue weighted by Crippen LogP contribution is -2.07. The van der Waals surface area contributed by atoms with Crippen molar-refractivity contribution in [3.05, 3.63) is 48.3 Å². The van der Waals surface area contributed by atoms with Crippen molar-refractivity contribution in [1.29, 1.82) is 0 Å². The summed E-state index contributed by atoms with van der Waals surface area (Å²) in [4.78, 5) is 40.8. The van der Waals surface area contributed by atoms with E-state index in [-0.39, 0.29) is 11.3 Å². The molecule has 0 aromatic rings. The van der Waals surface area contributed by atoms with E-state index in [1.54, 1.807) is 6.92 Å². The predicted molar refractivity (Wildman–Crippen MR) is 72.7 cm³/mol. The fourth-order valence-electron chi connectivity index (χ4n) is 0.701. The highest BCUT2D eigenvalue weighted by Crippen LogP contribution is 2.10. The fourth-order valence-corrected chi connectivity index (χ4v) is 0.701. The van der Waals surface area contributed by atoms with Crippen LogP contribution in [0.1, 0.15) is 13.8 Å². The summed E-state index contributed by atoms with van der Waals surface area (Å²) in [5.41, 5.74) is 0.509. The maximum atomic E-state index is 11.3. The van der Waals surface area contributed by atoms with Gasteiger partial charge in [-0.1, -0.05) is 13.2 Å². The molecule has 0 aliphatic heterocycles. The number of hydrogen-bond donors (Lipinski definition) is 1. The summed E-state index contributed by atoms with van der Waals surface area (Å²) in [5.74, 6) is -1.48. The average molecular weight is 280 g/mol. The van der Waals surface area contributed by atoms with E-state index >= 15 is 0 Å². The number of aliphatic carboxylic acids is 1. The molecule has 0 aliphatic carbocycles. The van der Waals surface area contributed by atoms with Gasteiger partial charge < -0.3 is 9.84 Å². The molecule has 0 bridgehead atoms. The molecule has 0 rings (SSSR count). The van der Waals surface area contributed by atoms with Crippen LogP contribution in [0.4, 0.5) is 0 Å². The van der Waals surface area contributed by atoms with Gasteiger partial charge in [0.1, 0.15) is 18.3 Å². The van der Waals surface area contributed by atoms with E-state index in [0.717, 1.165) is 12.2 Å². The number of carbonyl (C=O) groups excluding carboxylic acids is 3. The first-order chi connectivity index (χ1) is 9.29. The molecule has 6 nitrogen and oxygen atoms in total. The van der Waals surface area contributed by atoms with Crippen LogP contribution in [0.2, 0.25) is 0 Å². The Labute approximate surface area is 116 Å². The molecule has 108 valence electrons. The maximum Gasteiger partial charge on any atom is 0.342 e. The van der Waals surface area contributed by atoms with Gasteiger partial charge in [0.25, 0.3) is 0 Å². The zero-order valence-corrected chi connectivity index (χ0v) is 11.3. The van der Waals surface area contributed by atoms with E-state index in [0.29, 0.717) is 18.1 Å². The molecule has 0 aliphatic rings. The second-order valence-corrected chi connectivity index (χ2v) is 3.31. The van der Waals surface area contributed by atoms with Crippen LogP contribution in [0.5, 0.6) is 0 Å². The van der Waals surface area contributed by atoms with Crippen molar-refractivity contribution in [2.24, 2.45) is 0 Å². The Morgan fingerprint density at radius 2 is 1.55 bits per heavy atom. The van der Waals surface area contributed by atoms with Gasteiger partial charge in [-0.25, -0.2) is 9.59 Å². The highest BCUT2D eigenvalue weighted by molar-refractivity contribution is 5.94. The summed E-state index contributed by atoms with van der Waals surface area (Å²) in [6, 6.07) is 0.